The summed E-state index contributed by atoms with van der Waals surface area (Å²) in [6.07, 6.45) is 7.59. The van der Waals surface area contributed by atoms with Crippen molar-refractivity contribution in [2.75, 3.05) is 14.2 Å². The van der Waals surface area contributed by atoms with E-state index in [-0.39, 0.29) is 0 Å². The molecule has 1 heterocycles. The lowest BCUT2D eigenvalue weighted by atomic mass is 10.1. The fraction of sp³-hybridized carbons (Fsp3) is 0.211. The summed E-state index contributed by atoms with van der Waals surface area (Å²) in [4.78, 5) is 0. The van der Waals surface area contributed by atoms with Crippen LogP contribution in [0.3, 0.4) is 0 Å². The zero-order valence-corrected chi connectivity index (χ0v) is 13.7. The molecule has 0 saturated heterocycles. The van der Waals surface area contributed by atoms with E-state index >= 15 is 0 Å². The molecule has 0 fully saturated rings. The molecule has 4 heteroatoms. The third-order valence-electron chi connectivity index (χ3n) is 3.29. The zero-order valence-electron chi connectivity index (χ0n) is 13.7. The average Bonchev–Trinajstić information content (AvgIpc) is 2.57. The minimum Gasteiger partial charge on any atom is -0.457 e. The molecule has 23 heavy (non-hydrogen) atoms. The summed E-state index contributed by atoms with van der Waals surface area (Å²) >= 11 is 0. The predicted octanol–water partition coefficient (Wildman–Crippen LogP) is 3.19. The van der Waals surface area contributed by atoms with Crippen LogP contribution in [0.4, 0.5) is 0 Å². The Morgan fingerprint density at radius 1 is 0.957 bits per heavy atom. The molecule has 2 rings (SSSR count). The molecule has 1 aromatic heterocycles. The Kier molecular flexibility index (Phi) is 6.09. The topological polar surface area (TPSA) is 31.6 Å². The van der Waals surface area contributed by atoms with Crippen molar-refractivity contribution in [1.82, 2.24) is 0 Å². The molecular weight excluding hydrogens is 290 g/mol. The fourth-order valence-corrected chi connectivity index (χ4v) is 2.02. The van der Waals surface area contributed by atoms with Gasteiger partial charge >= 0.3 is 0 Å². The first-order chi connectivity index (χ1) is 11.1. The first kappa shape index (κ1) is 16.9. The highest BCUT2D eigenvalue weighted by molar-refractivity contribution is 5.69. The number of hydrogen-bond acceptors (Lipinski definition) is 3. The first-order valence-electron chi connectivity index (χ1n) is 7.28. The van der Waals surface area contributed by atoms with Crippen LogP contribution < -0.4 is 9.30 Å². The summed E-state index contributed by atoms with van der Waals surface area (Å²) < 4.78 is 17.8. The quantitative estimate of drug-likeness (QED) is 0.447. The van der Waals surface area contributed by atoms with Gasteiger partial charge in [0.2, 0.25) is 6.29 Å². The lowest BCUT2D eigenvalue weighted by Crippen LogP contribution is -2.25. The lowest BCUT2D eigenvalue weighted by molar-refractivity contribution is -0.671. The molecule has 0 unspecified atom stereocenters. The van der Waals surface area contributed by atoms with Crippen LogP contribution in [0, 0.1) is 0 Å². The van der Waals surface area contributed by atoms with Gasteiger partial charge in [-0.15, -0.1) is 0 Å². The molecule has 0 bridgehead atoms. The maximum Gasteiger partial charge on any atom is 0.216 e. The van der Waals surface area contributed by atoms with E-state index in [0.717, 1.165) is 11.1 Å². The van der Waals surface area contributed by atoms with Crippen molar-refractivity contribution < 1.29 is 18.8 Å². The molecule has 0 aliphatic carbocycles. The number of benzene rings is 1. The van der Waals surface area contributed by atoms with Crippen molar-refractivity contribution in [2.45, 2.75) is 6.29 Å². The van der Waals surface area contributed by atoms with Crippen LogP contribution in [0.5, 0.6) is 5.75 Å². The van der Waals surface area contributed by atoms with Crippen molar-refractivity contribution in [3.63, 3.8) is 0 Å². The van der Waals surface area contributed by atoms with Gasteiger partial charge in [-0.05, 0) is 23.3 Å². The minimum atomic E-state index is -0.575. The van der Waals surface area contributed by atoms with E-state index in [9.17, 15) is 0 Å². The fourth-order valence-electron chi connectivity index (χ4n) is 2.02. The molecule has 120 valence electrons. The Labute approximate surface area is 137 Å². The normalized spacial score (nSPS) is 11.1. The zero-order chi connectivity index (χ0) is 16.7. The van der Waals surface area contributed by atoms with Crippen LogP contribution in [-0.2, 0) is 16.5 Å². The second kappa shape index (κ2) is 8.27. The molecule has 0 N–H and O–H groups in total. The van der Waals surface area contributed by atoms with E-state index in [2.05, 4.69) is 30.9 Å². The number of pyridine rings is 1. The SMILES string of the molecule is C=C(Oc1ccc(C=Cc2cc[n+](C)cc2)cc1)C(OC)OC. The van der Waals surface area contributed by atoms with Crippen molar-refractivity contribution in [3.05, 3.63) is 72.3 Å². The van der Waals surface area contributed by atoms with Crippen LogP contribution in [0.15, 0.2) is 61.1 Å². The summed E-state index contributed by atoms with van der Waals surface area (Å²) in [6, 6.07) is 11.9. The van der Waals surface area contributed by atoms with Gasteiger partial charge in [-0.1, -0.05) is 30.9 Å². The Bertz CT molecular complexity index is 656. The number of nitrogens with zero attached hydrogens (tertiary/aromatic N) is 1. The van der Waals surface area contributed by atoms with Gasteiger partial charge in [-0.2, -0.15) is 0 Å². The number of aromatic nitrogens is 1. The molecule has 1 aromatic carbocycles. The van der Waals surface area contributed by atoms with E-state index in [4.69, 9.17) is 14.2 Å². The smallest absolute Gasteiger partial charge is 0.216 e. The number of ether oxygens (including phenoxy) is 3. The molecule has 4 nitrogen and oxygen atoms in total. The molecule has 2 aromatic rings. The van der Waals surface area contributed by atoms with Gasteiger partial charge in [0.25, 0.3) is 0 Å². The monoisotopic (exact) mass is 312 g/mol. The van der Waals surface area contributed by atoms with E-state index in [1.165, 1.54) is 0 Å². The Balaban J connectivity index is 1.99. The lowest BCUT2D eigenvalue weighted by Gasteiger charge is -2.16. The third kappa shape index (κ3) is 5.06. The van der Waals surface area contributed by atoms with Gasteiger partial charge in [-0.25, -0.2) is 4.57 Å². The molecule has 0 atom stereocenters. The predicted molar refractivity (Wildman–Crippen MR) is 90.6 cm³/mol. The van der Waals surface area contributed by atoms with Crippen LogP contribution in [0.2, 0.25) is 0 Å². The standard InChI is InChI=1S/C19H22NO3/c1-15(19(21-3)22-4)23-18-9-7-16(8-10-18)5-6-17-11-13-20(2)14-12-17/h5-14,19H,1H2,2-4H3/q+1. The summed E-state index contributed by atoms with van der Waals surface area (Å²) in [5.41, 5.74) is 2.24. The molecule has 0 amide bonds. The summed E-state index contributed by atoms with van der Waals surface area (Å²) in [5.74, 6) is 1.11. The summed E-state index contributed by atoms with van der Waals surface area (Å²) in [5, 5.41) is 0. The van der Waals surface area contributed by atoms with Gasteiger partial charge in [0.05, 0.1) is 0 Å². The molecule has 0 radical (unpaired) electrons. The van der Waals surface area contributed by atoms with E-state index in [0.29, 0.717) is 11.5 Å². The molecule has 0 spiro atoms. The van der Waals surface area contributed by atoms with Crippen LogP contribution in [-0.4, -0.2) is 20.5 Å². The number of hydrogen-bond donors (Lipinski definition) is 0. The largest absolute Gasteiger partial charge is 0.457 e. The van der Waals surface area contributed by atoms with Crippen molar-refractivity contribution in [1.29, 1.82) is 0 Å². The highest BCUT2D eigenvalue weighted by atomic mass is 16.7. The van der Waals surface area contributed by atoms with Crippen LogP contribution in [0.25, 0.3) is 12.2 Å². The van der Waals surface area contributed by atoms with E-state index < -0.39 is 6.29 Å². The van der Waals surface area contributed by atoms with Gasteiger partial charge in [0, 0.05) is 26.4 Å². The van der Waals surface area contributed by atoms with Gasteiger partial charge in [-0.3, -0.25) is 0 Å². The van der Waals surface area contributed by atoms with Crippen molar-refractivity contribution in [3.8, 4) is 5.75 Å². The van der Waals surface area contributed by atoms with Crippen LogP contribution in [0.1, 0.15) is 11.1 Å². The van der Waals surface area contributed by atoms with Gasteiger partial charge in [0.1, 0.15) is 12.8 Å². The van der Waals surface area contributed by atoms with Crippen LogP contribution >= 0.6 is 0 Å². The van der Waals surface area contributed by atoms with Gasteiger partial charge in [0.15, 0.2) is 18.2 Å². The minimum absolute atomic E-state index is 0.412. The maximum absolute atomic E-state index is 5.62. The summed E-state index contributed by atoms with van der Waals surface area (Å²) in [6.45, 7) is 3.81. The van der Waals surface area contributed by atoms with Crippen molar-refractivity contribution >= 4 is 12.2 Å². The second-order valence-electron chi connectivity index (χ2n) is 5.07. The van der Waals surface area contributed by atoms with Gasteiger partial charge < -0.3 is 14.2 Å². The summed E-state index contributed by atoms with van der Waals surface area (Å²) in [7, 11) is 5.08. The third-order valence-corrected chi connectivity index (χ3v) is 3.29. The number of methoxy groups -OCH3 is 2. The average molecular weight is 312 g/mol. The number of rotatable bonds is 7. The van der Waals surface area contributed by atoms with E-state index in [1.807, 2.05) is 48.3 Å². The molecule has 0 saturated carbocycles. The molecule has 0 aliphatic rings. The molecule has 0 aliphatic heterocycles. The van der Waals surface area contributed by atoms with E-state index in [1.54, 1.807) is 14.2 Å². The highest BCUT2D eigenvalue weighted by Gasteiger charge is 2.12. The number of aryl methyl sites for hydroxylation is 1. The second-order valence-corrected chi connectivity index (χ2v) is 5.07. The first-order valence-corrected chi connectivity index (χ1v) is 7.28. The highest BCUT2D eigenvalue weighted by Crippen LogP contribution is 2.18. The maximum atomic E-state index is 5.62. The Morgan fingerprint density at radius 3 is 2.00 bits per heavy atom. The Morgan fingerprint density at radius 2 is 1.48 bits per heavy atom. The Hall–Kier alpha value is -2.43. The van der Waals surface area contributed by atoms with Crippen molar-refractivity contribution in [2.24, 2.45) is 7.05 Å². The molecular formula is C19H22NO3+.